The molecular weight excluding hydrogens is 142 g/mol. The zero-order valence-electron chi connectivity index (χ0n) is 6.62. The molecule has 0 saturated carbocycles. The van der Waals surface area contributed by atoms with Gasteiger partial charge in [0.15, 0.2) is 0 Å². The maximum atomic E-state index is 11.2. The second kappa shape index (κ2) is 4.31. The molecule has 0 aromatic carbocycles. The monoisotopic (exact) mass is 156 g/mol. The quantitative estimate of drug-likeness (QED) is 0.545. The molecule has 1 rings (SSSR count). The van der Waals surface area contributed by atoms with Crippen molar-refractivity contribution in [2.24, 2.45) is 5.73 Å². The van der Waals surface area contributed by atoms with E-state index in [1.807, 2.05) is 4.90 Å². The van der Waals surface area contributed by atoms with E-state index >= 15 is 0 Å². The summed E-state index contributed by atoms with van der Waals surface area (Å²) in [4.78, 5) is 13.0. The topological polar surface area (TPSA) is 60.4 Å². The van der Waals surface area contributed by atoms with Crippen molar-refractivity contribution < 1.29 is 4.79 Å². The smallest absolute Gasteiger partial charge is 0.223 e. The van der Waals surface area contributed by atoms with Gasteiger partial charge in [0.1, 0.15) is 0 Å². The molecule has 1 radical (unpaired) electrons. The highest BCUT2D eigenvalue weighted by molar-refractivity contribution is 5.76. The van der Waals surface area contributed by atoms with Gasteiger partial charge >= 0.3 is 0 Å². The van der Waals surface area contributed by atoms with Crippen molar-refractivity contribution in [3.63, 3.8) is 0 Å². The van der Waals surface area contributed by atoms with Crippen molar-refractivity contribution >= 4 is 5.91 Å². The van der Waals surface area contributed by atoms with Crippen molar-refractivity contribution in [3.05, 3.63) is 0 Å². The summed E-state index contributed by atoms with van der Waals surface area (Å²) in [7, 11) is 0. The van der Waals surface area contributed by atoms with Crippen LogP contribution in [0.25, 0.3) is 0 Å². The highest BCUT2D eigenvalue weighted by Crippen LogP contribution is 1.95. The third kappa shape index (κ3) is 2.48. The minimum absolute atomic E-state index is 0.169. The standard InChI is InChI=1S/C7H14N3O/c8-2-1-7(11)10-5-3-9-4-6-10/h1-6,8H2. The highest BCUT2D eigenvalue weighted by atomic mass is 16.2. The molecule has 63 valence electrons. The van der Waals surface area contributed by atoms with Gasteiger partial charge in [0.25, 0.3) is 0 Å². The molecule has 0 aliphatic carbocycles. The van der Waals surface area contributed by atoms with Gasteiger partial charge in [0.2, 0.25) is 5.91 Å². The Labute approximate surface area is 66.7 Å². The van der Waals surface area contributed by atoms with E-state index in [1.165, 1.54) is 0 Å². The van der Waals surface area contributed by atoms with Crippen LogP contribution >= 0.6 is 0 Å². The molecule has 4 nitrogen and oxygen atoms in total. The second-order valence-electron chi connectivity index (χ2n) is 2.59. The zero-order chi connectivity index (χ0) is 8.10. The van der Waals surface area contributed by atoms with Crippen LogP contribution in [0.5, 0.6) is 0 Å². The third-order valence-electron chi connectivity index (χ3n) is 1.77. The molecule has 0 aromatic heterocycles. The number of piperazine rings is 1. The fraction of sp³-hybridized carbons (Fsp3) is 0.857. The summed E-state index contributed by atoms with van der Waals surface area (Å²) in [5.41, 5.74) is 5.27. The number of amides is 1. The number of carbonyl (C=O) groups is 1. The molecule has 0 spiro atoms. The fourth-order valence-electron chi connectivity index (χ4n) is 1.14. The van der Waals surface area contributed by atoms with Crippen LogP contribution in [0, 0.1) is 0 Å². The molecule has 4 heteroatoms. The summed E-state index contributed by atoms with van der Waals surface area (Å²) in [6, 6.07) is 0. The molecule has 1 fully saturated rings. The number of carbonyl (C=O) groups excluding carboxylic acids is 1. The average Bonchev–Trinajstić information content (AvgIpc) is 2.07. The molecule has 0 bridgehead atoms. The number of rotatable bonds is 2. The predicted octanol–water partition coefficient (Wildman–Crippen LogP) is -1.22. The Hall–Kier alpha value is -0.610. The van der Waals surface area contributed by atoms with E-state index < -0.39 is 0 Å². The van der Waals surface area contributed by atoms with Gasteiger partial charge < -0.3 is 10.6 Å². The molecule has 1 heterocycles. The Morgan fingerprint density at radius 1 is 1.45 bits per heavy atom. The highest BCUT2D eigenvalue weighted by Gasteiger charge is 2.14. The summed E-state index contributed by atoms with van der Waals surface area (Å²) < 4.78 is 0. The first kappa shape index (κ1) is 8.49. The molecule has 1 aliphatic rings. The van der Waals surface area contributed by atoms with Gasteiger partial charge in [0.05, 0.1) is 0 Å². The first-order valence-electron chi connectivity index (χ1n) is 3.95. The van der Waals surface area contributed by atoms with Crippen molar-refractivity contribution in [1.82, 2.24) is 10.2 Å². The maximum Gasteiger partial charge on any atom is 0.223 e. The van der Waals surface area contributed by atoms with Crippen molar-refractivity contribution in [1.29, 1.82) is 0 Å². The summed E-state index contributed by atoms with van der Waals surface area (Å²) >= 11 is 0. The lowest BCUT2D eigenvalue weighted by Gasteiger charge is -2.26. The number of hydrogen-bond donors (Lipinski definition) is 1. The van der Waals surface area contributed by atoms with Crippen LogP contribution in [0.3, 0.4) is 0 Å². The molecule has 0 atom stereocenters. The summed E-state index contributed by atoms with van der Waals surface area (Å²) in [6.07, 6.45) is 0.472. The van der Waals surface area contributed by atoms with Gasteiger partial charge in [-0.2, -0.15) is 0 Å². The summed E-state index contributed by atoms with van der Waals surface area (Å²) in [5, 5.41) is 4.14. The van der Waals surface area contributed by atoms with Gasteiger partial charge in [-0.1, -0.05) is 0 Å². The minimum atomic E-state index is 0.169. The van der Waals surface area contributed by atoms with Crippen LogP contribution in [-0.2, 0) is 4.79 Å². The number of nitrogens with zero attached hydrogens (tertiary/aromatic N) is 2. The minimum Gasteiger partial charge on any atom is -0.340 e. The van der Waals surface area contributed by atoms with Crippen LogP contribution < -0.4 is 11.1 Å². The van der Waals surface area contributed by atoms with Crippen molar-refractivity contribution in [3.8, 4) is 0 Å². The maximum absolute atomic E-state index is 11.2. The van der Waals surface area contributed by atoms with E-state index in [2.05, 4.69) is 5.32 Å². The lowest BCUT2D eigenvalue weighted by atomic mass is 10.3. The molecule has 2 N–H and O–H groups in total. The van der Waals surface area contributed by atoms with E-state index in [-0.39, 0.29) is 5.91 Å². The van der Waals surface area contributed by atoms with Gasteiger partial charge in [0, 0.05) is 39.1 Å². The van der Waals surface area contributed by atoms with Crippen LogP contribution in [0.15, 0.2) is 0 Å². The van der Waals surface area contributed by atoms with Gasteiger partial charge in [-0.25, -0.2) is 5.32 Å². The Morgan fingerprint density at radius 3 is 2.64 bits per heavy atom. The van der Waals surface area contributed by atoms with Crippen molar-refractivity contribution in [2.45, 2.75) is 6.42 Å². The molecular formula is C7H14N3O. The first-order chi connectivity index (χ1) is 5.34. The van der Waals surface area contributed by atoms with Crippen LogP contribution in [0.4, 0.5) is 0 Å². The lowest BCUT2D eigenvalue weighted by molar-refractivity contribution is -0.131. The molecule has 0 aromatic rings. The lowest BCUT2D eigenvalue weighted by Crippen LogP contribution is -2.44. The Morgan fingerprint density at radius 2 is 2.09 bits per heavy atom. The molecule has 0 unspecified atom stereocenters. The molecule has 11 heavy (non-hydrogen) atoms. The van der Waals surface area contributed by atoms with E-state index in [9.17, 15) is 4.79 Å². The summed E-state index contributed by atoms with van der Waals surface area (Å²) in [5.74, 6) is 0.169. The van der Waals surface area contributed by atoms with Gasteiger partial charge in [-0.3, -0.25) is 4.79 Å². The van der Waals surface area contributed by atoms with Gasteiger partial charge in [-0.05, 0) is 0 Å². The van der Waals surface area contributed by atoms with Crippen LogP contribution in [0.1, 0.15) is 6.42 Å². The van der Waals surface area contributed by atoms with E-state index in [1.54, 1.807) is 0 Å². The SMILES string of the molecule is NCCC(=O)N1CC[N]CC1. The van der Waals surface area contributed by atoms with E-state index in [4.69, 9.17) is 5.73 Å². The number of hydrogen-bond acceptors (Lipinski definition) is 2. The third-order valence-corrected chi connectivity index (χ3v) is 1.77. The average molecular weight is 156 g/mol. The van der Waals surface area contributed by atoms with Gasteiger partial charge in [-0.15, -0.1) is 0 Å². The van der Waals surface area contributed by atoms with Crippen LogP contribution in [-0.4, -0.2) is 43.5 Å². The molecule has 1 saturated heterocycles. The Balaban J connectivity index is 2.27. The first-order valence-corrected chi connectivity index (χ1v) is 3.95. The predicted molar refractivity (Wildman–Crippen MR) is 42.1 cm³/mol. The normalized spacial score (nSPS) is 18.5. The second-order valence-corrected chi connectivity index (χ2v) is 2.59. The zero-order valence-corrected chi connectivity index (χ0v) is 6.62. The van der Waals surface area contributed by atoms with E-state index in [0.29, 0.717) is 13.0 Å². The Bertz CT molecular complexity index is 132. The fourth-order valence-corrected chi connectivity index (χ4v) is 1.14. The molecule has 1 amide bonds. The van der Waals surface area contributed by atoms with E-state index in [0.717, 1.165) is 26.2 Å². The summed E-state index contributed by atoms with van der Waals surface area (Å²) in [6.45, 7) is 3.58. The Kier molecular flexibility index (Phi) is 3.32. The van der Waals surface area contributed by atoms with Crippen LogP contribution in [0.2, 0.25) is 0 Å². The number of nitrogens with two attached hydrogens (primary N) is 1. The largest absolute Gasteiger partial charge is 0.340 e. The van der Waals surface area contributed by atoms with Crippen molar-refractivity contribution in [2.75, 3.05) is 32.7 Å². The molecule has 1 aliphatic heterocycles.